The van der Waals surface area contributed by atoms with Crippen molar-refractivity contribution in [3.8, 4) is 22.8 Å². The molecule has 0 atom stereocenters. The summed E-state index contributed by atoms with van der Waals surface area (Å²) in [6, 6.07) is 27.6. The summed E-state index contributed by atoms with van der Waals surface area (Å²) in [6.07, 6.45) is 0. The maximum Gasteiger partial charge on any atom is 0.260 e. The van der Waals surface area contributed by atoms with Gasteiger partial charge in [-0.05, 0) is 48.5 Å². The van der Waals surface area contributed by atoms with Crippen molar-refractivity contribution in [1.29, 1.82) is 0 Å². The molecule has 0 bridgehead atoms. The molecule has 8 nitrogen and oxygen atoms in total. The van der Waals surface area contributed by atoms with E-state index in [9.17, 15) is 9.59 Å². The van der Waals surface area contributed by atoms with Crippen molar-refractivity contribution >= 4 is 17.5 Å². The summed E-state index contributed by atoms with van der Waals surface area (Å²) in [5.74, 6) is 1.98. The molecule has 0 spiro atoms. The van der Waals surface area contributed by atoms with Gasteiger partial charge in [-0.15, -0.1) is 10.2 Å². The van der Waals surface area contributed by atoms with Gasteiger partial charge in [0.2, 0.25) is 0 Å². The Morgan fingerprint density at radius 3 is 2.18 bits per heavy atom. The van der Waals surface area contributed by atoms with Crippen LogP contribution in [0.15, 0.2) is 91.0 Å². The van der Waals surface area contributed by atoms with Gasteiger partial charge in [0.15, 0.2) is 18.2 Å². The monoisotopic (exact) mass is 508 g/mol. The molecule has 2 heterocycles. The van der Waals surface area contributed by atoms with Crippen LogP contribution in [0, 0.1) is 0 Å². The summed E-state index contributed by atoms with van der Waals surface area (Å²) >= 11 is 0. The molecule has 5 rings (SSSR count). The average molecular weight is 509 g/mol. The number of carbonyl (C=O) groups excluding carboxylic acids is 2. The number of anilines is 1. The van der Waals surface area contributed by atoms with Crippen molar-refractivity contribution in [2.75, 3.05) is 44.8 Å². The Balaban J connectivity index is 1.10. The number of ketones is 1. The van der Waals surface area contributed by atoms with E-state index >= 15 is 0 Å². The molecular formula is C30H28N4O4. The summed E-state index contributed by atoms with van der Waals surface area (Å²) in [5.41, 5.74) is 2.92. The number of nitrogens with zero attached hydrogens (tertiary/aromatic N) is 4. The topological polar surface area (TPSA) is 84.9 Å². The molecule has 192 valence electrons. The molecule has 1 aliphatic heterocycles. The summed E-state index contributed by atoms with van der Waals surface area (Å²) in [4.78, 5) is 29.2. The molecule has 1 aromatic heterocycles. The van der Waals surface area contributed by atoms with Crippen LogP contribution in [0.2, 0.25) is 0 Å². The highest BCUT2D eigenvalue weighted by Gasteiger charge is 2.22. The number of hydrogen-bond donors (Lipinski definition) is 0. The van der Waals surface area contributed by atoms with E-state index in [0.29, 0.717) is 43.1 Å². The molecule has 0 radical (unpaired) electrons. The molecule has 1 fully saturated rings. The highest BCUT2D eigenvalue weighted by atomic mass is 16.5. The number of ether oxygens (including phenoxy) is 2. The van der Waals surface area contributed by atoms with Crippen LogP contribution in [-0.2, 0) is 4.79 Å². The van der Waals surface area contributed by atoms with Gasteiger partial charge in [0.1, 0.15) is 11.5 Å². The molecule has 1 amide bonds. The lowest BCUT2D eigenvalue weighted by molar-refractivity contribution is -0.133. The van der Waals surface area contributed by atoms with Gasteiger partial charge < -0.3 is 19.3 Å². The molecule has 8 heteroatoms. The van der Waals surface area contributed by atoms with Crippen molar-refractivity contribution in [1.82, 2.24) is 15.1 Å². The molecular weight excluding hydrogens is 480 g/mol. The molecule has 0 N–H and O–H groups in total. The van der Waals surface area contributed by atoms with Crippen molar-refractivity contribution in [2.45, 2.75) is 0 Å². The van der Waals surface area contributed by atoms with Crippen LogP contribution >= 0.6 is 0 Å². The summed E-state index contributed by atoms with van der Waals surface area (Å²) < 4.78 is 11.0. The predicted molar refractivity (Wildman–Crippen MR) is 145 cm³/mol. The smallest absolute Gasteiger partial charge is 0.260 e. The molecule has 1 saturated heterocycles. The van der Waals surface area contributed by atoms with E-state index in [0.717, 1.165) is 22.8 Å². The van der Waals surface area contributed by atoms with Crippen molar-refractivity contribution in [2.24, 2.45) is 0 Å². The van der Waals surface area contributed by atoms with Gasteiger partial charge >= 0.3 is 0 Å². The van der Waals surface area contributed by atoms with Crippen LogP contribution in [0.4, 0.5) is 5.82 Å². The predicted octanol–water partition coefficient (Wildman–Crippen LogP) is 4.11. The molecule has 0 saturated carbocycles. The van der Waals surface area contributed by atoms with E-state index in [1.807, 2.05) is 54.6 Å². The van der Waals surface area contributed by atoms with Crippen LogP contribution in [0.1, 0.15) is 15.9 Å². The quantitative estimate of drug-likeness (QED) is 0.331. The Kier molecular flexibility index (Phi) is 7.59. The van der Waals surface area contributed by atoms with E-state index in [1.54, 1.807) is 48.4 Å². The largest absolute Gasteiger partial charge is 0.497 e. The highest BCUT2D eigenvalue weighted by molar-refractivity contribution is 6.09. The summed E-state index contributed by atoms with van der Waals surface area (Å²) in [5, 5.41) is 8.78. The minimum atomic E-state index is -0.0754. The average Bonchev–Trinajstić information content (AvgIpc) is 3.00. The first-order valence-corrected chi connectivity index (χ1v) is 12.4. The molecule has 0 aliphatic carbocycles. The zero-order valence-corrected chi connectivity index (χ0v) is 21.1. The van der Waals surface area contributed by atoms with Crippen LogP contribution < -0.4 is 14.4 Å². The van der Waals surface area contributed by atoms with Crippen LogP contribution in [0.25, 0.3) is 11.3 Å². The number of benzene rings is 3. The maximum absolute atomic E-state index is 12.7. The van der Waals surface area contributed by atoms with Crippen molar-refractivity contribution in [3.05, 3.63) is 102 Å². The van der Waals surface area contributed by atoms with E-state index in [2.05, 4.69) is 15.1 Å². The van der Waals surface area contributed by atoms with Gasteiger partial charge in [0, 0.05) is 42.9 Å². The zero-order chi connectivity index (χ0) is 26.3. The lowest BCUT2D eigenvalue weighted by Crippen LogP contribution is -2.50. The lowest BCUT2D eigenvalue weighted by atomic mass is 10.0. The van der Waals surface area contributed by atoms with Crippen LogP contribution in [0.3, 0.4) is 0 Å². The van der Waals surface area contributed by atoms with E-state index in [1.165, 1.54) is 0 Å². The van der Waals surface area contributed by atoms with Gasteiger partial charge in [-0.1, -0.05) is 42.5 Å². The van der Waals surface area contributed by atoms with Crippen molar-refractivity contribution < 1.29 is 19.1 Å². The fourth-order valence-corrected chi connectivity index (χ4v) is 4.31. The van der Waals surface area contributed by atoms with E-state index in [-0.39, 0.29) is 18.3 Å². The fourth-order valence-electron chi connectivity index (χ4n) is 4.31. The second-order valence-electron chi connectivity index (χ2n) is 8.88. The Labute approximate surface area is 221 Å². The Morgan fingerprint density at radius 1 is 0.763 bits per heavy atom. The normalized spacial score (nSPS) is 13.2. The standard InChI is InChI=1S/C30H28N4O4/c1-37-26-9-5-8-24(20-26)27-14-15-28(32-31-27)33-16-18-34(19-17-33)29(35)21-38-25-12-10-23(11-13-25)30(36)22-6-3-2-4-7-22/h2-15,20H,16-19,21H2,1H3. The van der Waals surface area contributed by atoms with Crippen LogP contribution in [0.5, 0.6) is 11.5 Å². The van der Waals surface area contributed by atoms with Crippen molar-refractivity contribution in [3.63, 3.8) is 0 Å². The Hall–Kier alpha value is -4.72. The van der Waals surface area contributed by atoms with E-state index < -0.39 is 0 Å². The third kappa shape index (κ3) is 5.81. The number of carbonyl (C=O) groups is 2. The maximum atomic E-state index is 12.7. The second-order valence-corrected chi connectivity index (χ2v) is 8.88. The first kappa shape index (κ1) is 25.0. The zero-order valence-electron chi connectivity index (χ0n) is 21.1. The third-order valence-corrected chi connectivity index (χ3v) is 6.49. The molecule has 38 heavy (non-hydrogen) atoms. The van der Waals surface area contributed by atoms with Gasteiger partial charge in [-0.25, -0.2) is 0 Å². The number of methoxy groups -OCH3 is 1. The van der Waals surface area contributed by atoms with Gasteiger partial charge in [-0.2, -0.15) is 0 Å². The minimum Gasteiger partial charge on any atom is -0.497 e. The first-order chi connectivity index (χ1) is 18.6. The second kappa shape index (κ2) is 11.6. The summed E-state index contributed by atoms with van der Waals surface area (Å²) in [6.45, 7) is 2.42. The number of piperazine rings is 1. The SMILES string of the molecule is COc1cccc(-c2ccc(N3CCN(C(=O)COc4ccc(C(=O)c5ccccc5)cc4)CC3)nn2)c1. The first-order valence-electron chi connectivity index (χ1n) is 12.4. The highest BCUT2D eigenvalue weighted by Crippen LogP contribution is 2.23. The number of rotatable bonds is 8. The molecule has 1 aliphatic rings. The lowest BCUT2D eigenvalue weighted by Gasteiger charge is -2.35. The number of aromatic nitrogens is 2. The third-order valence-electron chi connectivity index (χ3n) is 6.49. The Bertz CT molecular complexity index is 1380. The fraction of sp³-hybridized carbons (Fsp3) is 0.200. The number of amides is 1. The number of hydrogen-bond acceptors (Lipinski definition) is 7. The van der Waals surface area contributed by atoms with E-state index in [4.69, 9.17) is 9.47 Å². The molecule has 4 aromatic rings. The van der Waals surface area contributed by atoms with Crippen LogP contribution in [-0.4, -0.2) is 66.7 Å². The summed E-state index contributed by atoms with van der Waals surface area (Å²) in [7, 11) is 1.64. The van der Waals surface area contributed by atoms with Gasteiger partial charge in [0.25, 0.3) is 5.91 Å². The van der Waals surface area contributed by atoms with Gasteiger partial charge in [0.05, 0.1) is 12.8 Å². The Morgan fingerprint density at radius 2 is 1.50 bits per heavy atom. The molecule has 3 aromatic carbocycles. The van der Waals surface area contributed by atoms with Gasteiger partial charge in [-0.3, -0.25) is 9.59 Å². The molecule has 0 unspecified atom stereocenters. The minimum absolute atomic E-state index is 0.0503.